The Hall–Kier alpha value is -2.14. The van der Waals surface area contributed by atoms with E-state index in [9.17, 15) is 9.90 Å². The molecule has 5 nitrogen and oxygen atoms in total. The Morgan fingerprint density at radius 1 is 1.38 bits per heavy atom. The van der Waals surface area contributed by atoms with E-state index in [0.717, 1.165) is 43.0 Å². The monoisotopic (exact) mass is 285 g/mol. The topological polar surface area (TPSA) is 67.2 Å². The molecule has 0 atom stereocenters. The van der Waals surface area contributed by atoms with Gasteiger partial charge in [0.1, 0.15) is 5.82 Å². The predicted molar refractivity (Wildman–Crippen MR) is 79.4 cm³/mol. The van der Waals surface area contributed by atoms with Crippen LogP contribution in [0.1, 0.15) is 33.1 Å². The molecule has 0 saturated carbocycles. The lowest BCUT2D eigenvalue weighted by molar-refractivity contribution is 0.0695. The quantitative estimate of drug-likeness (QED) is 0.894. The maximum atomic E-state index is 11.2. The first-order chi connectivity index (χ1) is 10.2. The summed E-state index contributed by atoms with van der Waals surface area (Å²) in [6.45, 7) is 1.82. The molecule has 0 aliphatic carbocycles. The van der Waals surface area contributed by atoms with Crippen LogP contribution in [0.2, 0.25) is 0 Å². The summed E-state index contributed by atoms with van der Waals surface area (Å²) in [4.78, 5) is 15.9. The first kappa shape index (κ1) is 13.8. The second kappa shape index (κ2) is 5.69. The third-order valence-electron chi connectivity index (χ3n) is 4.09. The van der Waals surface area contributed by atoms with Crippen LogP contribution >= 0.6 is 0 Å². The van der Waals surface area contributed by atoms with Crippen molar-refractivity contribution < 1.29 is 9.90 Å². The number of aromatic carboxylic acids is 1. The number of rotatable bonds is 4. The number of fused-ring (bicyclic) bond motifs is 1. The number of nitrogens with one attached hydrogen (secondary N) is 1. The fourth-order valence-corrected chi connectivity index (χ4v) is 2.93. The van der Waals surface area contributed by atoms with Crippen LogP contribution < -0.4 is 5.32 Å². The van der Waals surface area contributed by atoms with Crippen LogP contribution in [0.25, 0.3) is 0 Å². The fourth-order valence-electron chi connectivity index (χ4n) is 2.93. The van der Waals surface area contributed by atoms with Crippen molar-refractivity contribution in [2.24, 2.45) is 7.05 Å². The van der Waals surface area contributed by atoms with Crippen LogP contribution in [0.15, 0.2) is 24.3 Å². The smallest absolute Gasteiger partial charge is 0.335 e. The Kier molecular flexibility index (Phi) is 3.75. The Morgan fingerprint density at radius 3 is 2.95 bits per heavy atom. The lowest BCUT2D eigenvalue weighted by atomic mass is 10.0. The summed E-state index contributed by atoms with van der Waals surface area (Å²) in [6, 6.07) is 7.19. The molecule has 0 amide bonds. The van der Waals surface area contributed by atoms with E-state index >= 15 is 0 Å². The average molecular weight is 285 g/mol. The highest BCUT2D eigenvalue weighted by atomic mass is 16.4. The number of hydrogen-bond acceptors (Lipinski definition) is 3. The van der Waals surface area contributed by atoms with Gasteiger partial charge in [0.2, 0.25) is 0 Å². The minimum Gasteiger partial charge on any atom is -0.478 e. The molecule has 2 aromatic rings. The van der Waals surface area contributed by atoms with E-state index in [2.05, 4.69) is 16.9 Å². The maximum Gasteiger partial charge on any atom is 0.335 e. The third kappa shape index (κ3) is 2.69. The molecular weight excluding hydrogens is 266 g/mol. The number of imidazole rings is 1. The molecule has 1 aliphatic heterocycles. The summed E-state index contributed by atoms with van der Waals surface area (Å²) in [6.07, 6.45) is 2.46. The zero-order valence-electron chi connectivity index (χ0n) is 12.1. The molecular formula is C16H19N3O2. The van der Waals surface area contributed by atoms with Gasteiger partial charge in [0.15, 0.2) is 0 Å². The van der Waals surface area contributed by atoms with E-state index in [4.69, 9.17) is 4.98 Å². The van der Waals surface area contributed by atoms with Crippen LogP contribution in [-0.2, 0) is 32.9 Å². The lowest BCUT2D eigenvalue weighted by Crippen LogP contribution is -2.24. The van der Waals surface area contributed by atoms with Crippen molar-refractivity contribution in [2.75, 3.05) is 6.54 Å². The third-order valence-corrected chi connectivity index (χ3v) is 4.09. The summed E-state index contributed by atoms with van der Waals surface area (Å²) >= 11 is 0. The van der Waals surface area contributed by atoms with Gasteiger partial charge < -0.3 is 15.0 Å². The average Bonchev–Trinajstić information content (AvgIpc) is 2.82. The zero-order chi connectivity index (χ0) is 14.8. The minimum atomic E-state index is -0.867. The van der Waals surface area contributed by atoms with Crippen molar-refractivity contribution >= 4 is 5.97 Å². The molecule has 21 heavy (non-hydrogen) atoms. The molecule has 110 valence electrons. The van der Waals surface area contributed by atoms with Gasteiger partial charge in [0, 0.05) is 38.7 Å². The van der Waals surface area contributed by atoms with Gasteiger partial charge in [-0.05, 0) is 18.1 Å². The fraction of sp³-hybridized carbons (Fsp3) is 0.375. The summed E-state index contributed by atoms with van der Waals surface area (Å²) < 4.78 is 2.17. The van der Waals surface area contributed by atoms with Crippen molar-refractivity contribution in [3.63, 3.8) is 0 Å². The van der Waals surface area contributed by atoms with Crippen LogP contribution in [0, 0.1) is 0 Å². The second-order valence-corrected chi connectivity index (χ2v) is 5.37. The normalized spacial score (nSPS) is 14.0. The summed E-state index contributed by atoms with van der Waals surface area (Å²) in [5.41, 5.74) is 3.68. The van der Waals surface area contributed by atoms with Crippen LogP contribution in [-0.4, -0.2) is 27.2 Å². The van der Waals surface area contributed by atoms with Crippen molar-refractivity contribution in [1.29, 1.82) is 0 Å². The van der Waals surface area contributed by atoms with Gasteiger partial charge in [0.25, 0.3) is 0 Å². The molecule has 1 aromatic carbocycles. The number of carbonyl (C=O) groups is 1. The van der Waals surface area contributed by atoms with E-state index in [0.29, 0.717) is 12.0 Å². The Labute approximate surface area is 123 Å². The van der Waals surface area contributed by atoms with E-state index in [-0.39, 0.29) is 0 Å². The number of carboxylic acids is 1. The second-order valence-electron chi connectivity index (χ2n) is 5.37. The van der Waals surface area contributed by atoms with Crippen molar-refractivity contribution in [2.45, 2.75) is 25.8 Å². The first-order valence-electron chi connectivity index (χ1n) is 7.22. The van der Waals surface area contributed by atoms with Crippen LogP contribution in [0.4, 0.5) is 0 Å². The largest absolute Gasteiger partial charge is 0.478 e. The Bertz CT molecular complexity index is 676. The first-order valence-corrected chi connectivity index (χ1v) is 7.22. The Balaban J connectivity index is 1.80. The summed E-state index contributed by atoms with van der Waals surface area (Å²) in [5.74, 6) is 0.165. The van der Waals surface area contributed by atoms with Crippen molar-refractivity contribution in [3.8, 4) is 0 Å². The van der Waals surface area contributed by atoms with E-state index < -0.39 is 5.97 Å². The van der Waals surface area contributed by atoms with E-state index in [1.807, 2.05) is 12.1 Å². The summed E-state index contributed by atoms with van der Waals surface area (Å²) in [5, 5.41) is 12.5. The lowest BCUT2D eigenvalue weighted by Gasteiger charge is -2.13. The van der Waals surface area contributed by atoms with Gasteiger partial charge in [0.05, 0.1) is 11.3 Å². The molecule has 5 heteroatoms. The molecule has 2 heterocycles. The molecule has 3 rings (SSSR count). The van der Waals surface area contributed by atoms with Gasteiger partial charge in [-0.25, -0.2) is 9.78 Å². The van der Waals surface area contributed by atoms with Crippen LogP contribution in [0.3, 0.4) is 0 Å². The molecule has 0 spiro atoms. The number of aromatic nitrogens is 2. The SMILES string of the molecule is Cn1c(CCc2ccccc2C(=O)O)nc2c1CCNC2. The van der Waals surface area contributed by atoms with Gasteiger partial charge in [-0.15, -0.1) is 0 Å². The van der Waals surface area contributed by atoms with Gasteiger partial charge in [-0.2, -0.15) is 0 Å². The van der Waals surface area contributed by atoms with Crippen molar-refractivity contribution in [1.82, 2.24) is 14.9 Å². The molecule has 0 fully saturated rings. The number of benzene rings is 1. The predicted octanol–water partition coefficient (Wildman–Crippen LogP) is 1.55. The molecule has 1 aliphatic rings. The number of carboxylic acid groups (broad SMARTS) is 1. The summed E-state index contributed by atoms with van der Waals surface area (Å²) in [7, 11) is 2.05. The van der Waals surface area contributed by atoms with Gasteiger partial charge >= 0.3 is 5.97 Å². The molecule has 1 aromatic heterocycles. The highest BCUT2D eigenvalue weighted by Gasteiger charge is 2.18. The van der Waals surface area contributed by atoms with Gasteiger partial charge in [-0.3, -0.25) is 0 Å². The molecule has 0 bridgehead atoms. The standard InChI is InChI=1S/C16H19N3O2/c1-19-14-8-9-17-10-13(14)18-15(19)7-6-11-4-2-3-5-12(11)16(20)21/h2-5,17H,6-10H2,1H3,(H,20,21). The molecule has 0 unspecified atom stereocenters. The highest BCUT2D eigenvalue weighted by Crippen LogP contribution is 2.17. The zero-order valence-corrected chi connectivity index (χ0v) is 12.1. The molecule has 2 N–H and O–H groups in total. The number of nitrogens with zero attached hydrogens (tertiary/aromatic N) is 2. The van der Waals surface area contributed by atoms with Gasteiger partial charge in [-0.1, -0.05) is 18.2 Å². The molecule has 0 saturated heterocycles. The Morgan fingerprint density at radius 2 is 2.19 bits per heavy atom. The van der Waals surface area contributed by atoms with E-state index in [1.54, 1.807) is 12.1 Å². The minimum absolute atomic E-state index is 0.387. The number of hydrogen-bond donors (Lipinski definition) is 2. The van der Waals surface area contributed by atoms with Crippen LogP contribution in [0.5, 0.6) is 0 Å². The van der Waals surface area contributed by atoms with E-state index in [1.165, 1.54) is 5.69 Å². The number of aryl methyl sites for hydroxylation is 2. The molecule has 0 radical (unpaired) electrons. The highest BCUT2D eigenvalue weighted by molar-refractivity contribution is 5.89. The maximum absolute atomic E-state index is 11.2. The van der Waals surface area contributed by atoms with Crippen molar-refractivity contribution in [3.05, 3.63) is 52.6 Å².